The van der Waals surface area contributed by atoms with Gasteiger partial charge in [-0.2, -0.15) is 13.2 Å². The molecular formula is C30H25F6N. The molecule has 1 unspecified atom stereocenters. The maximum absolute atomic E-state index is 14.6. The van der Waals surface area contributed by atoms with Crippen molar-refractivity contribution < 1.29 is 26.3 Å². The number of rotatable bonds is 6. The van der Waals surface area contributed by atoms with Crippen molar-refractivity contribution in [1.82, 2.24) is 4.98 Å². The summed E-state index contributed by atoms with van der Waals surface area (Å²) >= 11 is 0. The van der Waals surface area contributed by atoms with E-state index >= 15 is 0 Å². The van der Waals surface area contributed by atoms with E-state index in [0.717, 1.165) is 35.4 Å². The average molecular weight is 514 g/mol. The zero-order chi connectivity index (χ0) is 27.0. The van der Waals surface area contributed by atoms with E-state index in [0.29, 0.717) is 18.2 Å². The van der Waals surface area contributed by atoms with Crippen molar-refractivity contribution in [1.29, 1.82) is 0 Å². The molecule has 1 heterocycles. The quantitative estimate of drug-likeness (QED) is 0.236. The fraction of sp³-hybridized carbons (Fsp3) is 0.233. The van der Waals surface area contributed by atoms with Crippen molar-refractivity contribution in [3.05, 3.63) is 136 Å². The highest BCUT2D eigenvalue weighted by atomic mass is 19.4. The molecule has 4 aromatic rings. The number of hydrogen-bond donors (Lipinski definition) is 0. The molecule has 0 aliphatic carbocycles. The highest BCUT2D eigenvalue weighted by Crippen LogP contribution is 2.45. The van der Waals surface area contributed by atoms with Crippen LogP contribution in [0.4, 0.5) is 26.3 Å². The minimum atomic E-state index is -4.63. The molecule has 192 valence electrons. The molecule has 0 spiro atoms. The molecule has 0 N–H and O–H groups in total. The van der Waals surface area contributed by atoms with Crippen molar-refractivity contribution >= 4 is 0 Å². The summed E-state index contributed by atoms with van der Waals surface area (Å²) in [6, 6.07) is 19.0. The number of nitrogens with zero attached hydrogens (tertiary/aromatic N) is 1. The van der Waals surface area contributed by atoms with E-state index in [1.54, 1.807) is 31.3 Å². The topological polar surface area (TPSA) is 12.9 Å². The van der Waals surface area contributed by atoms with E-state index in [9.17, 15) is 26.3 Å². The molecule has 3 aromatic carbocycles. The normalized spacial score (nSPS) is 13.9. The molecule has 1 aromatic heterocycles. The molecule has 4 rings (SSSR count). The van der Waals surface area contributed by atoms with Gasteiger partial charge in [0.2, 0.25) is 0 Å². The zero-order valence-electron chi connectivity index (χ0n) is 20.5. The number of halogens is 6. The lowest BCUT2D eigenvalue weighted by Gasteiger charge is -2.37. The Bertz CT molecular complexity index is 1410. The first-order valence-electron chi connectivity index (χ1n) is 11.7. The first-order chi connectivity index (χ1) is 17.3. The fourth-order valence-corrected chi connectivity index (χ4v) is 4.88. The average Bonchev–Trinajstić information content (AvgIpc) is 2.83. The van der Waals surface area contributed by atoms with Crippen LogP contribution in [0.1, 0.15) is 51.6 Å². The number of aromatic nitrogens is 1. The van der Waals surface area contributed by atoms with Gasteiger partial charge in [0.25, 0.3) is 5.92 Å². The highest BCUT2D eigenvalue weighted by Gasteiger charge is 2.42. The van der Waals surface area contributed by atoms with Crippen molar-refractivity contribution in [2.75, 3.05) is 0 Å². The van der Waals surface area contributed by atoms with Gasteiger partial charge in [-0.05, 0) is 66.3 Å². The molecule has 0 bridgehead atoms. The summed E-state index contributed by atoms with van der Waals surface area (Å²) in [6.07, 6.45) is -2.93. The molecule has 1 atom stereocenters. The maximum Gasteiger partial charge on any atom is 0.416 e. The second-order valence-electron chi connectivity index (χ2n) is 9.41. The Labute approximate surface area is 211 Å². The number of pyridine rings is 1. The Morgan fingerprint density at radius 2 is 1.38 bits per heavy atom. The van der Waals surface area contributed by atoms with Crippen LogP contribution in [0, 0.1) is 19.7 Å². The molecule has 7 heteroatoms. The van der Waals surface area contributed by atoms with Crippen molar-refractivity contribution in [2.24, 2.45) is 0 Å². The number of benzene rings is 3. The standard InChI is InChI=1S/C30H25F6N/c1-19-14-20(2)27(37-18-19)29(17-21-8-5-4-6-9-21,22-10-7-11-24(15-22)30(34,35)36)23-12-13-26(31)25(16-23)28(3,32)33/h4-16,18H,17H2,1-3H3. The third kappa shape index (κ3) is 5.26. The minimum absolute atomic E-state index is 0.104. The summed E-state index contributed by atoms with van der Waals surface area (Å²) in [6.45, 7) is 4.20. The van der Waals surface area contributed by atoms with E-state index in [2.05, 4.69) is 4.98 Å². The van der Waals surface area contributed by atoms with Crippen LogP contribution in [0.2, 0.25) is 0 Å². The molecule has 0 saturated carbocycles. The Kier molecular flexibility index (Phi) is 6.93. The molecule has 0 aliphatic heterocycles. The van der Waals surface area contributed by atoms with Gasteiger partial charge in [0, 0.05) is 13.1 Å². The monoisotopic (exact) mass is 513 g/mol. The molecule has 0 radical (unpaired) electrons. The minimum Gasteiger partial charge on any atom is -0.259 e. The van der Waals surface area contributed by atoms with Crippen LogP contribution in [0.25, 0.3) is 0 Å². The second kappa shape index (κ2) is 9.69. The summed E-state index contributed by atoms with van der Waals surface area (Å²) < 4.78 is 85.0. The molecule has 1 nitrogen and oxygen atoms in total. The van der Waals surface area contributed by atoms with E-state index < -0.39 is 34.5 Å². The highest BCUT2D eigenvalue weighted by molar-refractivity contribution is 5.54. The van der Waals surface area contributed by atoms with Crippen LogP contribution in [0.5, 0.6) is 0 Å². The molecule has 37 heavy (non-hydrogen) atoms. The Hall–Kier alpha value is -3.61. The van der Waals surface area contributed by atoms with Gasteiger partial charge in [0.15, 0.2) is 0 Å². The fourth-order valence-electron chi connectivity index (χ4n) is 4.88. The number of hydrogen-bond acceptors (Lipinski definition) is 1. The molecule has 0 fully saturated rings. The van der Waals surface area contributed by atoms with Gasteiger partial charge in [-0.1, -0.05) is 60.7 Å². The van der Waals surface area contributed by atoms with E-state index in [-0.39, 0.29) is 17.5 Å². The van der Waals surface area contributed by atoms with Crippen LogP contribution in [-0.4, -0.2) is 4.98 Å². The first-order valence-corrected chi connectivity index (χ1v) is 11.7. The Morgan fingerprint density at radius 3 is 2.00 bits per heavy atom. The van der Waals surface area contributed by atoms with E-state index in [1.165, 1.54) is 18.2 Å². The predicted octanol–water partition coefficient (Wildman–Crippen LogP) is 8.55. The summed E-state index contributed by atoms with van der Waals surface area (Å²) in [5.74, 6) is -4.61. The second-order valence-corrected chi connectivity index (χ2v) is 9.41. The largest absolute Gasteiger partial charge is 0.416 e. The van der Waals surface area contributed by atoms with Crippen LogP contribution >= 0.6 is 0 Å². The van der Waals surface area contributed by atoms with Gasteiger partial charge in [0.1, 0.15) is 5.82 Å². The summed E-state index contributed by atoms with van der Waals surface area (Å²) in [5, 5.41) is 0. The molecule has 0 amide bonds. The SMILES string of the molecule is Cc1cnc(C(Cc2ccccc2)(c2cccc(C(F)(F)F)c2)c2ccc(F)c(C(C)(F)F)c2)c(C)c1. The van der Waals surface area contributed by atoms with Gasteiger partial charge in [-0.15, -0.1) is 0 Å². The van der Waals surface area contributed by atoms with Crippen molar-refractivity contribution in [3.63, 3.8) is 0 Å². The Balaban J connectivity index is 2.15. The number of aryl methyl sites for hydroxylation is 2. The van der Waals surface area contributed by atoms with Gasteiger partial charge in [-0.25, -0.2) is 13.2 Å². The summed E-state index contributed by atoms with van der Waals surface area (Å²) in [5.41, 5.74) is -0.0748. The van der Waals surface area contributed by atoms with Crippen LogP contribution in [-0.2, 0) is 23.9 Å². The molecule has 0 aliphatic rings. The van der Waals surface area contributed by atoms with Crippen LogP contribution in [0.15, 0.2) is 85.1 Å². The van der Waals surface area contributed by atoms with Crippen LogP contribution < -0.4 is 0 Å². The lowest BCUT2D eigenvalue weighted by molar-refractivity contribution is -0.137. The smallest absolute Gasteiger partial charge is 0.259 e. The van der Waals surface area contributed by atoms with Crippen LogP contribution in [0.3, 0.4) is 0 Å². The molecular weight excluding hydrogens is 488 g/mol. The van der Waals surface area contributed by atoms with Gasteiger partial charge in [0.05, 0.1) is 22.2 Å². The summed E-state index contributed by atoms with van der Waals surface area (Å²) in [4.78, 5) is 4.64. The predicted molar refractivity (Wildman–Crippen MR) is 131 cm³/mol. The third-order valence-corrected chi connectivity index (χ3v) is 6.55. The first kappa shape index (κ1) is 26.5. The van der Waals surface area contributed by atoms with Gasteiger partial charge < -0.3 is 0 Å². The van der Waals surface area contributed by atoms with Gasteiger partial charge >= 0.3 is 6.18 Å². The lowest BCUT2D eigenvalue weighted by atomic mass is 9.66. The van der Waals surface area contributed by atoms with Crippen molar-refractivity contribution in [3.8, 4) is 0 Å². The third-order valence-electron chi connectivity index (χ3n) is 6.55. The van der Waals surface area contributed by atoms with E-state index in [1.807, 2.05) is 25.1 Å². The van der Waals surface area contributed by atoms with E-state index in [4.69, 9.17) is 0 Å². The maximum atomic E-state index is 14.6. The summed E-state index contributed by atoms with van der Waals surface area (Å²) in [7, 11) is 0. The van der Waals surface area contributed by atoms with Gasteiger partial charge in [-0.3, -0.25) is 4.98 Å². The van der Waals surface area contributed by atoms with Crippen molar-refractivity contribution in [2.45, 2.75) is 44.7 Å². The zero-order valence-corrected chi connectivity index (χ0v) is 20.5. The Morgan fingerprint density at radius 1 is 0.730 bits per heavy atom. The lowest BCUT2D eigenvalue weighted by Crippen LogP contribution is -2.35. The molecule has 0 saturated heterocycles. The number of alkyl halides is 5.